The molecule has 2 amide bonds. The fourth-order valence-corrected chi connectivity index (χ4v) is 2.56. The number of nitrogens with one attached hydrogen (secondary N) is 1. The molecule has 1 aromatic carbocycles. The molecule has 1 saturated heterocycles. The zero-order valence-electron chi connectivity index (χ0n) is 12.1. The fraction of sp³-hybridized carbons (Fsp3) is 0.500. The number of nitrogens with zero attached hydrogens (tertiary/aromatic N) is 1. The molecular weight excluding hydrogens is 268 g/mol. The van der Waals surface area contributed by atoms with Crippen molar-refractivity contribution in [2.45, 2.75) is 38.1 Å². The number of carboxylic acid groups (broad SMARTS) is 1. The van der Waals surface area contributed by atoms with E-state index in [0.29, 0.717) is 19.5 Å². The van der Waals surface area contributed by atoms with Gasteiger partial charge in [-0.05, 0) is 18.4 Å². The van der Waals surface area contributed by atoms with Crippen LogP contribution in [0.25, 0.3) is 0 Å². The molecule has 1 aromatic rings. The van der Waals surface area contributed by atoms with Crippen LogP contribution in [0.15, 0.2) is 30.3 Å². The number of hydrogen-bond acceptors (Lipinski definition) is 2. The summed E-state index contributed by atoms with van der Waals surface area (Å²) in [7, 11) is 0. The maximum absolute atomic E-state index is 12.2. The number of hydrogen-bond donors (Lipinski definition) is 2. The van der Waals surface area contributed by atoms with Gasteiger partial charge in [-0.15, -0.1) is 0 Å². The van der Waals surface area contributed by atoms with E-state index in [9.17, 15) is 14.7 Å². The van der Waals surface area contributed by atoms with Crippen LogP contribution in [0.1, 0.15) is 31.2 Å². The minimum absolute atomic E-state index is 0.264. The van der Waals surface area contributed by atoms with Crippen molar-refractivity contribution in [1.29, 1.82) is 0 Å². The predicted octanol–water partition coefficient (Wildman–Crippen LogP) is 2.27. The van der Waals surface area contributed by atoms with E-state index in [1.807, 2.05) is 30.3 Å². The first-order chi connectivity index (χ1) is 10.2. The first kappa shape index (κ1) is 15.4. The highest BCUT2D eigenvalue weighted by molar-refractivity contribution is 5.82. The number of aliphatic carboxylic acids is 1. The Balaban J connectivity index is 1.95. The molecule has 0 aliphatic carbocycles. The molecule has 5 nitrogen and oxygen atoms in total. The maximum atomic E-state index is 12.2. The highest BCUT2D eigenvalue weighted by Crippen LogP contribution is 2.10. The Morgan fingerprint density at radius 1 is 1.10 bits per heavy atom. The van der Waals surface area contributed by atoms with Gasteiger partial charge in [-0.3, -0.25) is 0 Å². The van der Waals surface area contributed by atoms with E-state index in [0.717, 1.165) is 31.2 Å². The summed E-state index contributed by atoms with van der Waals surface area (Å²) in [4.78, 5) is 25.3. The Hall–Kier alpha value is -2.04. The van der Waals surface area contributed by atoms with E-state index in [-0.39, 0.29) is 6.03 Å². The first-order valence-corrected chi connectivity index (χ1v) is 7.49. The van der Waals surface area contributed by atoms with Crippen molar-refractivity contribution >= 4 is 12.0 Å². The Bertz CT molecular complexity index is 468. The van der Waals surface area contributed by atoms with Crippen LogP contribution in [-0.4, -0.2) is 41.1 Å². The molecule has 1 atom stereocenters. The maximum Gasteiger partial charge on any atom is 0.326 e. The zero-order valence-corrected chi connectivity index (χ0v) is 12.1. The SMILES string of the molecule is O=C(O)[C@@H](Cc1ccccc1)NC(=O)N1CCCCCC1. The van der Waals surface area contributed by atoms with Gasteiger partial charge in [-0.1, -0.05) is 43.2 Å². The molecule has 5 heteroatoms. The summed E-state index contributed by atoms with van der Waals surface area (Å²) in [5.41, 5.74) is 0.904. The van der Waals surface area contributed by atoms with Crippen molar-refractivity contribution in [3.05, 3.63) is 35.9 Å². The van der Waals surface area contributed by atoms with E-state index in [1.165, 1.54) is 0 Å². The standard InChI is InChI=1S/C16H22N2O3/c19-15(20)14(12-13-8-4-3-5-9-13)17-16(21)18-10-6-1-2-7-11-18/h3-5,8-9,14H,1-2,6-7,10-12H2,(H,17,21)(H,19,20)/t14-/m1/s1. The molecule has 1 aliphatic heterocycles. The summed E-state index contributed by atoms with van der Waals surface area (Å²) in [6, 6.07) is 8.20. The smallest absolute Gasteiger partial charge is 0.326 e. The molecule has 0 spiro atoms. The minimum Gasteiger partial charge on any atom is -0.480 e. The van der Waals surface area contributed by atoms with Crippen molar-refractivity contribution in [3.8, 4) is 0 Å². The highest BCUT2D eigenvalue weighted by atomic mass is 16.4. The van der Waals surface area contributed by atoms with E-state index < -0.39 is 12.0 Å². The number of urea groups is 1. The van der Waals surface area contributed by atoms with Crippen LogP contribution in [-0.2, 0) is 11.2 Å². The Kier molecular flexibility index (Phi) is 5.60. The van der Waals surface area contributed by atoms with Crippen molar-refractivity contribution in [2.75, 3.05) is 13.1 Å². The van der Waals surface area contributed by atoms with E-state index >= 15 is 0 Å². The third-order valence-electron chi connectivity index (χ3n) is 3.77. The van der Waals surface area contributed by atoms with Gasteiger partial charge >= 0.3 is 12.0 Å². The lowest BCUT2D eigenvalue weighted by Gasteiger charge is -2.23. The summed E-state index contributed by atoms with van der Waals surface area (Å²) in [6.07, 6.45) is 4.55. The monoisotopic (exact) mass is 290 g/mol. The lowest BCUT2D eigenvalue weighted by atomic mass is 10.1. The van der Waals surface area contributed by atoms with Crippen LogP contribution in [0.5, 0.6) is 0 Å². The molecule has 2 N–H and O–H groups in total. The van der Waals surface area contributed by atoms with Crippen molar-refractivity contribution in [2.24, 2.45) is 0 Å². The molecule has 1 aliphatic rings. The predicted molar refractivity (Wildman–Crippen MR) is 80.1 cm³/mol. The Labute approximate surface area is 125 Å². The number of carbonyl (C=O) groups excluding carboxylic acids is 1. The number of likely N-dealkylation sites (tertiary alicyclic amines) is 1. The summed E-state index contributed by atoms with van der Waals surface area (Å²) >= 11 is 0. The average Bonchev–Trinajstić information content (AvgIpc) is 2.76. The molecule has 114 valence electrons. The van der Waals surface area contributed by atoms with Crippen LogP contribution >= 0.6 is 0 Å². The number of rotatable bonds is 4. The first-order valence-electron chi connectivity index (χ1n) is 7.49. The van der Waals surface area contributed by atoms with Gasteiger partial charge in [0.15, 0.2) is 0 Å². The van der Waals surface area contributed by atoms with Crippen LogP contribution < -0.4 is 5.32 Å². The van der Waals surface area contributed by atoms with Gasteiger partial charge in [0.05, 0.1) is 0 Å². The molecule has 0 bridgehead atoms. The fourth-order valence-electron chi connectivity index (χ4n) is 2.56. The van der Waals surface area contributed by atoms with Gasteiger partial charge in [0.25, 0.3) is 0 Å². The lowest BCUT2D eigenvalue weighted by molar-refractivity contribution is -0.139. The number of carbonyl (C=O) groups is 2. The van der Waals surface area contributed by atoms with Crippen LogP contribution in [0.3, 0.4) is 0 Å². The number of carboxylic acids is 1. The Morgan fingerprint density at radius 3 is 2.29 bits per heavy atom. The molecule has 2 rings (SSSR count). The van der Waals surface area contributed by atoms with E-state index in [1.54, 1.807) is 4.90 Å². The van der Waals surface area contributed by atoms with Gasteiger partial charge in [-0.25, -0.2) is 9.59 Å². The number of amides is 2. The van der Waals surface area contributed by atoms with Crippen molar-refractivity contribution < 1.29 is 14.7 Å². The third-order valence-corrected chi connectivity index (χ3v) is 3.77. The summed E-state index contributed by atoms with van der Waals surface area (Å²) < 4.78 is 0. The lowest BCUT2D eigenvalue weighted by Crippen LogP contribution is -2.49. The van der Waals surface area contributed by atoms with Crippen molar-refractivity contribution in [3.63, 3.8) is 0 Å². The van der Waals surface area contributed by atoms with Gasteiger partial charge in [0.1, 0.15) is 6.04 Å². The van der Waals surface area contributed by atoms with Gasteiger partial charge < -0.3 is 15.3 Å². The topological polar surface area (TPSA) is 69.6 Å². The quantitative estimate of drug-likeness (QED) is 0.893. The average molecular weight is 290 g/mol. The zero-order chi connectivity index (χ0) is 15.1. The molecule has 0 saturated carbocycles. The molecule has 0 unspecified atom stereocenters. The molecular formula is C16H22N2O3. The molecule has 1 heterocycles. The summed E-state index contributed by atoms with van der Waals surface area (Å²) in [6.45, 7) is 1.42. The third kappa shape index (κ3) is 4.77. The second-order valence-corrected chi connectivity index (χ2v) is 5.43. The summed E-state index contributed by atoms with van der Waals surface area (Å²) in [5.74, 6) is -0.998. The normalized spacial score (nSPS) is 16.9. The number of benzene rings is 1. The largest absolute Gasteiger partial charge is 0.480 e. The molecule has 1 fully saturated rings. The Morgan fingerprint density at radius 2 is 1.71 bits per heavy atom. The molecule has 21 heavy (non-hydrogen) atoms. The summed E-state index contributed by atoms with van der Waals surface area (Å²) in [5, 5.41) is 12.0. The van der Waals surface area contributed by atoms with Gasteiger partial charge in [-0.2, -0.15) is 0 Å². The second-order valence-electron chi connectivity index (χ2n) is 5.43. The molecule has 0 radical (unpaired) electrons. The van der Waals surface area contributed by atoms with Crippen LogP contribution in [0.4, 0.5) is 4.79 Å². The van der Waals surface area contributed by atoms with E-state index in [2.05, 4.69) is 5.32 Å². The van der Waals surface area contributed by atoms with E-state index in [4.69, 9.17) is 0 Å². The van der Waals surface area contributed by atoms with Gasteiger partial charge in [0.2, 0.25) is 0 Å². The minimum atomic E-state index is -0.998. The highest BCUT2D eigenvalue weighted by Gasteiger charge is 2.23. The van der Waals surface area contributed by atoms with Crippen LogP contribution in [0, 0.1) is 0 Å². The van der Waals surface area contributed by atoms with Crippen molar-refractivity contribution in [1.82, 2.24) is 10.2 Å². The van der Waals surface area contributed by atoms with Gasteiger partial charge in [0, 0.05) is 19.5 Å². The second kappa shape index (κ2) is 7.67. The molecule has 0 aromatic heterocycles. The van der Waals surface area contributed by atoms with Crippen LogP contribution in [0.2, 0.25) is 0 Å².